The van der Waals surface area contributed by atoms with Gasteiger partial charge in [-0.1, -0.05) is 0 Å². The van der Waals surface area contributed by atoms with E-state index in [1.807, 2.05) is 30.7 Å². The predicted octanol–water partition coefficient (Wildman–Crippen LogP) is 2.36. The van der Waals surface area contributed by atoms with Crippen molar-refractivity contribution in [2.24, 2.45) is 5.92 Å². The van der Waals surface area contributed by atoms with Crippen molar-refractivity contribution in [3.05, 3.63) is 41.0 Å². The van der Waals surface area contributed by atoms with Gasteiger partial charge < -0.3 is 15.0 Å². The average Bonchev–Trinajstić information content (AvgIpc) is 3.23. The van der Waals surface area contributed by atoms with Gasteiger partial charge in [-0.2, -0.15) is 5.10 Å². The van der Waals surface area contributed by atoms with E-state index in [0.717, 1.165) is 36.5 Å². The van der Waals surface area contributed by atoms with Crippen LogP contribution in [-0.2, 0) is 11.3 Å². The van der Waals surface area contributed by atoms with Crippen molar-refractivity contribution in [3.63, 3.8) is 0 Å². The van der Waals surface area contributed by atoms with Gasteiger partial charge in [0.15, 0.2) is 0 Å². The molecule has 0 saturated carbocycles. The quantitative estimate of drug-likeness (QED) is 0.889. The first kappa shape index (κ1) is 15.8. The maximum absolute atomic E-state index is 12.4. The molecule has 2 atom stereocenters. The van der Waals surface area contributed by atoms with Crippen LogP contribution in [0.2, 0.25) is 0 Å². The minimum Gasteiger partial charge on any atom is -0.372 e. The molecule has 1 amide bonds. The highest BCUT2D eigenvalue weighted by Crippen LogP contribution is 2.34. The minimum atomic E-state index is -0.0507. The minimum absolute atomic E-state index is 0.00391. The molecular formula is C17H24N4O2. The third-order valence-electron chi connectivity index (χ3n) is 4.46. The Hall–Kier alpha value is -2.08. The standard InChI is InChI=1S/C17H24N4O2/c1-4-21-14(5-7-19-21)16-13(6-8-23-16)10-18-17(22)15-11(2)9-12(3)20-15/h5,7,9,13,16,20H,4,6,8,10H2,1-3H3,(H,18,22)/t13-,16+/m0/s1. The van der Waals surface area contributed by atoms with Crippen molar-refractivity contribution in [1.82, 2.24) is 20.1 Å². The van der Waals surface area contributed by atoms with Gasteiger partial charge >= 0.3 is 0 Å². The SMILES string of the molecule is CCn1nccc1[C@@H]1OCC[C@H]1CNC(=O)c1[nH]c(C)cc1C. The summed E-state index contributed by atoms with van der Waals surface area (Å²) in [6.07, 6.45) is 2.76. The summed E-state index contributed by atoms with van der Waals surface area (Å²) in [7, 11) is 0. The van der Waals surface area contributed by atoms with Crippen LogP contribution in [0.5, 0.6) is 0 Å². The van der Waals surface area contributed by atoms with Crippen LogP contribution in [0.4, 0.5) is 0 Å². The van der Waals surface area contributed by atoms with Crippen molar-refractivity contribution < 1.29 is 9.53 Å². The van der Waals surface area contributed by atoms with E-state index in [4.69, 9.17) is 4.74 Å². The summed E-state index contributed by atoms with van der Waals surface area (Å²) < 4.78 is 7.86. The van der Waals surface area contributed by atoms with Crippen LogP contribution in [0.15, 0.2) is 18.3 Å². The molecular weight excluding hydrogens is 292 g/mol. The van der Waals surface area contributed by atoms with Gasteiger partial charge in [0, 0.05) is 37.5 Å². The summed E-state index contributed by atoms with van der Waals surface area (Å²) in [4.78, 5) is 15.5. The Kier molecular flexibility index (Phi) is 4.52. The Balaban J connectivity index is 1.65. The largest absolute Gasteiger partial charge is 0.372 e. The lowest BCUT2D eigenvalue weighted by atomic mass is 9.98. The van der Waals surface area contributed by atoms with E-state index in [1.165, 1.54) is 0 Å². The number of amides is 1. The smallest absolute Gasteiger partial charge is 0.267 e. The molecule has 0 aliphatic carbocycles. The highest BCUT2D eigenvalue weighted by Gasteiger charge is 2.32. The zero-order valence-corrected chi connectivity index (χ0v) is 13.9. The fourth-order valence-electron chi connectivity index (χ4n) is 3.30. The molecule has 1 fully saturated rings. The molecule has 1 saturated heterocycles. The van der Waals surface area contributed by atoms with Gasteiger partial charge in [0.1, 0.15) is 11.8 Å². The lowest BCUT2D eigenvalue weighted by Crippen LogP contribution is -2.31. The molecule has 0 bridgehead atoms. The molecule has 3 heterocycles. The summed E-state index contributed by atoms with van der Waals surface area (Å²) in [5, 5.41) is 7.36. The van der Waals surface area contributed by atoms with Gasteiger partial charge in [-0.05, 0) is 44.9 Å². The number of aromatic amines is 1. The third kappa shape index (κ3) is 3.17. The summed E-state index contributed by atoms with van der Waals surface area (Å²) >= 11 is 0. The first-order valence-electron chi connectivity index (χ1n) is 8.18. The number of ether oxygens (including phenoxy) is 1. The fraction of sp³-hybridized carbons (Fsp3) is 0.529. The van der Waals surface area contributed by atoms with Crippen molar-refractivity contribution in [1.29, 1.82) is 0 Å². The van der Waals surface area contributed by atoms with E-state index in [9.17, 15) is 4.79 Å². The Morgan fingerprint density at radius 3 is 3.04 bits per heavy atom. The van der Waals surface area contributed by atoms with Crippen LogP contribution < -0.4 is 5.32 Å². The number of H-pyrrole nitrogens is 1. The molecule has 2 aromatic rings. The number of hydrogen-bond donors (Lipinski definition) is 2. The van der Waals surface area contributed by atoms with Crippen LogP contribution in [0.3, 0.4) is 0 Å². The van der Waals surface area contributed by atoms with Gasteiger partial charge in [0.25, 0.3) is 5.91 Å². The zero-order valence-electron chi connectivity index (χ0n) is 13.9. The van der Waals surface area contributed by atoms with Gasteiger partial charge in [-0.3, -0.25) is 9.48 Å². The lowest BCUT2D eigenvalue weighted by molar-refractivity contribution is 0.0793. The molecule has 1 aliphatic rings. The predicted molar refractivity (Wildman–Crippen MR) is 87.3 cm³/mol. The molecule has 0 radical (unpaired) electrons. The van der Waals surface area contributed by atoms with E-state index in [1.54, 1.807) is 6.20 Å². The molecule has 124 valence electrons. The van der Waals surface area contributed by atoms with Gasteiger partial charge in [0.2, 0.25) is 0 Å². The molecule has 6 nitrogen and oxygen atoms in total. The summed E-state index contributed by atoms with van der Waals surface area (Å²) in [6, 6.07) is 3.99. The van der Waals surface area contributed by atoms with Crippen LogP contribution in [-0.4, -0.2) is 33.8 Å². The summed E-state index contributed by atoms with van der Waals surface area (Å²) in [6.45, 7) is 8.12. The van der Waals surface area contributed by atoms with Crippen molar-refractivity contribution >= 4 is 5.91 Å². The fourth-order valence-corrected chi connectivity index (χ4v) is 3.30. The molecule has 3 rings (SSSR count). The molecule has 2 aromatic heterocycles. The van der Waals surface area contributed by atoms with Crippen LogP contribution in [0, 0.1) is 19.8 Å². The van der Waals surface area contributed by atoms with Crippen LogP contribution in [0.25, 0.3) is 0 Å². The molecule has 0 aromatic carbocycles. The first-order chi connectivity index (χ1) is 11.1. The monoisotopic (exact) mass is 316 g/mol. The van der Waals surface area contributed by atoms with Crippen molar-refractivity contribution in [2.45, 2.75) is 39.8 Å². The normalized spacial score (nSPS) is 20.8. The van der Waals surface area contributed by atoms with Crippen LogP contribution >= 0.6 is 0 Å². The van der Waals surface area contributed by atoms with Gasteiger partial charge in [0.05, 0.1) is 5.69 Å². The second-order valence-corrected chi connectivity index (χ2v) is 6.13. The average molecular weight is 316 g/mol. The third-order valence-corrected chi connectivity index (χ3v) is 4.46. The molecule has 0 spiro atoms. The lowest BCUT2D eigenvalue weighted by Gasteiger charge is -2.20. The zero-order chi connectivity index (χ0) is 16.4. The van der Waals surface area contributed by atoms with E-state index in [2.05, 4.69) is 22.3 Å². The number of hydrogen-bond acceptors (Lipinski definition) is 3. The number of aryl methyl sites for hydroxylation is 3. The number of carbonyl (C=O) groups excluding carboxylic acids is 1. The first-order valence-corrected chi connectivity index (χ1v) is 8.18. The summed E-state index contributed by atoms with van der Waals surface area (Å²) in [5.74, 6) is 0.225. The Morgan fingerprint density at radius 1 is 1.52 bits per heavy atom. The Labute approximate surface area is 136 Å². The molecule has 6 heteroatoms. The van der Waals surface area contributed by atoms with Crippen LogP contribution in [0.1, 0.15) is 46.9 Å². The number of aromatic nitrogens is 3. The van der Waals surface area contributed by atoms with Crippen molar-refractivity contribution in [2.75, 3.05) is 13.2 Å². The van der Waals surface area contributed by atoms with E-state index in [-0.39, 0.29) is 17.9 Å². The topological polar surface area (TPSA) is 71.9 Å². The molecule has 2 N–H and O–H groups in total. The highest BCUT2D eigenvalue weighted by molar-refractivity contribution is 5.93. The van der Waals surface area contributed by atoms with E-state index < -0.39 is 0 Å². The second kappa shape index (κ2) is 6.58. The number of nitrogens with one attached hydrogen (secondary N) is 2. The number of carbonyl (C=O) groups is 1. The second-order valence-electron chi connectivity index (χ2n) is 6.13. The summed E-state index contributed by atoms with van der Waals surface area (Å²) in [5.41, 5.74) is 3.72. The Bertz CT molecular complexity index is 689. The van der Waals surface area contributed by atoms with E-state index >= 15 is 0 Å². The molecule has 23 heavy (non-hydrogen) atoms. The number of nitrogens with zero attached hydrogens (tertiary/aromatic N) is 2. The molecule has 0 unspecified atom stereocenters. The highest BCUT2D eigenvalue weighted by atomic mass is 16.5. The van der Waals surface area contributed by atoms with Crippen molar-refractivity contribution in [3.8, 4) is 0 Å². The Morgan fingerprint density at radius 2 is 2.35 bits per heavy atom. The molecule has 1 aliphatic heterocycles. The maximum Gasteiger partial charge on any atom is 0.267 e. The maximum atomic E-state index is 12.4. The van der Waals surface area contributed by atoms with Gasteiger partial charge in [-0.25, -0.2) is 0 Å². The van der Waals surface area contributed by atoms with Gasteiger partial charge in [-0.15, -0.1) is 0 Å². The number of rotatable bonds is 5. The van der Waals surface area contributed by atoms with E-state index in [0.29, 0.717) is 12.2 Å².